The number of fused-ring (bicyclic) bond motifs is 2. The molecule has 0 spiro atoms. The maximum absolute atomic E-state index is 15.6. The number of nitrogens with zero attached hydrogens (tertiary/aromatic N) is 4. The minimum Gasteiger partial charge on any atom is -0.508 e. The number of phenols is 1. The van der Waals surface area contributed by atoms with Gasteiger partial charge in [-0.15, -0.1) is 0 Å². The van der Waals surface area contributed by atoms with Gasteiger partial charge in [-0.2, -0.15) is 0 Å². The Kier molecular flexibility index (Phi) is 10.0. The van der Waals surface area contributed by atoms with E-state index in [-0.39, 0.29) is 59.6 Å². The van der Waals surface area contributed by atoms with Crippen molar-refractivity contribution in [2.75, 3.05) is 55.6 Å². The van der Waals surface area contributed by atoms with Crippen LogP contribution < -0.4 is 15.1 Å². The van der Waals surface area contributed by atoms with Crippen molar-refractivity contribution in [3.63, 3.8) is 0 Å². The zero-order valence-corrected chi connectivity index (χ0v) is 32.1. The number of halogens is 2. The molecule has 3 amide bonds. The lowest BCUT2D eigenvalue weighted by atomic mass is 9.63. The molecule has 0 aromatic heterocycles. The lowest BCUT2D eigenvalue weighted by Gasteiger charge is -2.43. The predicted molar refractivity (Wildman–Crippen MR) is 211 cm³/mol. The lowest BCUT2D eigenvalue weighted by molar-refractivity contribution is -0.136. The van der Waals surface area contributed by atoms with Crippen molar-refractivity contribution < 1.29 is 28.3 Å². The Labute approximate surface area is 328 Å². The number of carbonyl (C=O) groups is 3. The third-order valence-corrected chi connectivity index (χ3v) is 13.9. The number of anilines is 2. The number of amides is 3. The Morgan fingerprint density at radius 3 is 2.21 bits per heavy atom. The fraction of sp³-hybridized carbons (Fsp3) is 0.533. The normalized spacial score (nSPS) is 26.3. The fourth-order valence-electron chi connectivity index (χ4n) is 10.9. The maximum Gasteiger partial charge on any atom is 0.274 e. The van der Waals surface area contributed by atoms with Crippen LogP contribution in [0.15, 0.2) is 60.7 Å². The molecule has 2 aliphatic carbocycles. The summed E-state index contributed by atoms with van der Waals surface area (Å²) in [6.07, 6.45) is 8.15. The third kappa shape index (κ3) is 7.16. The molecule has 0 radical (unpaired) electrons. The number of hydrogen-bond donors (Lipinski definition) is 2. The van der Waals surface area contributed by atoms with Crippen LogP contribution in [0.1, 0.15) is 103 Å². The standard InChI is InChI=1S/C45H53F2N5O4/c46-45(47)26-38(30-4-2-1-3-5-30)42(37-13-11-35(53)25-39(37)45)31-6-8-33(9-7-31)50-18-16-29(17-19-50)27-49-20-22-51(23-21-49)34-10-12-36-32(24-34)28-52(44(36)56)40-14-15-41(54)48-43(40)55/h6-13,24-25,29-30,38,40,42,53H,1-5,14-23,26-28H2,(H,48,54,55)/t38-,40-,42-/m0/s1. The van der Waals surface area contributed by atoms with Gasteiger partial charge in [-0.3, -0.25) is 24.6 Å². The number of rotatable bonds is 7. The molecule has 11 heteroatoms. The second-order valence-electron chi connectivity index (χ2n) is 17.3. The highest BCUT2D eigenvalue weighted by molar-refractivity contribution is 6.05. The molecule has 4 aliphatic heterocycles. The van der Waals surface area contributed by atoms with Crippen molar-refractivity contribution in [3.8, 4) is 5.75 Å². The third-order valence-electron chi connectivity index (χ3n) is 13.9. The van der Waals surface area contributed by atoms with Crippen LogP contribution in [0.5, 0.6) is 5.75 Å². The molecule has 9 nitrogen and oxygen atoms in total. The van der Waals surface area contributed by atoms with Gasteiger partial charge in [0.15, 0.2) is 0 Å². The molecule has 6 aliphatic rings. The van der Waals surface area contributed by atoms with Crippen molar-refractivity contribution in [1.82, 2.24) is 15.1 Å². The maximum atomic E-state index is 15.6. The number of imide groups is 1. The zero-order chi connectivity index (χ0) is 38.6. The monoisotopic (exact) mass is 765 g/mol. The van der Waals surface area contributed by atoms with Gasteiger partial charge in [0.1, 0.15) is 11.8 Å². The number of hydrogen-bond acceptors (Lipinski definition) is 7. The average Bonchev–Trinajstić information content (AvgIpc) is 3.53. The van der Waals surface area contributed by atoms with E-state index in [1.807, 2.05) is 12.1 Å². The van der Waals surface area contributed by atoms with Gasteiger partial charge >= 0.3 is 0 Å². The summed E-state index contributed by atoms with van der Waals surface area (Å²) in [5, 5.41) is 12.5. The number of phenolic OH excluding ortho intramolecular Hbond substituents is 1. The molecule has 0 unspecified atom stereocenters. The van der Waals surface area contributed by atoms with E-state index in [0.29, 0.717) is 30.0 Å². The van der Waals surface area contributed by atoms with E-state index in [9.17, 15) is 19.5 Å². The summed E-state index contributed by atoms with van der Waals surface area (Å²) in [6.45, 7) is 7.27. The van der Waals surface area contributed by atoms with Crippen molar-refractivity contribution in [1.29, 1.82) is 0 Å². The SMILES string of the molecule is O=C1CC[C@H](N2Cc3cc(N4CCN(CC5CCN(c6ccc([C@H]7c8ccc(O)cc8C(F)(F)C[C@H]7C7CCCCC7)cc6)CC5)CC4)ccc3C2=O)C(=O)N1. The molecular weight excluding hydrogens is 713 g/mol. The summed E-state index contributed by atoms with van der Waals surface area (Å²) < 4.78 is 31.2. The first-order valence-electron chi connectivity index (χ1n) is 20.9. The molecule has 56 heavy (non-hydrogen) atoms. The van der Waals surface area contributed by atoms with Crippen molar-refractivity contribution in [3.05, 3.63) is 88.5 Å². The van der Waals surface area contributed by atoms with Gasteiger partial charge in [-0.05, 0) is 96.2 Å². The van der Waals surface area contributed by atoms with Crippen LogP contribution in [-0.2, 0) is 22.1 Å². The number of aromatic hydroxyl groups is 1. The van der Waals surface area contributed by atoms with Crippen LogP contribution in [0.3, 0.4) is 0 Å². The van der Waals surface area contributed by atoms with Gasteiger partial charge in [0.2, 0.25) is 11.8 Å². The smallest absolute Gasteiger partial charge is 0.274 e. The number of carbonyl (C=O) groups excluding carboxylic acids is 3. The van der Waals surface area contributed by atoms with Crippen LogP contribution >= 0.6 is 0 Å². The summed E-state index contributed by atoms with van der Waals surface area (Å²) in [5.74, 6) is -3.15. The molecule has 3 aromatic rings. The summed E-state index contributed by atoms with van der Waals surface area (Å²) in [4.78, 5) is 46.3. The van der Waals surface area contributed by atoms with Gasteiger partial charge < -0.3 is 19.8 Å². The minimum atomic E-state index is -2.94. The molecule has 3 saturated heterocycles. The lowest BCUT2D eigenvalue weighted by Crippen LogP contribution is -2.52. The quantitative estimate of drug-likeness (QED) is 0.250. The Morgan fingerprint density at radius 1 is 0.768 bits per heavy atom. The van der Waals surface area contributed by atoms with Crippen molar-refractivity contribution >= 4 is 29.1 Å². The highest BCUT2D eigenvalue weighted by atomic mass is 19.3. The van der Waals surface area contributed by atoms with Crippen LogP contribution in [0, 0.1) is 17.8 Å². The average molecular weight is 766 g/mol. The predicted octanol–water partition coefficient (Wildman–Crippen LogP) is 7.02. The van der Waals surface area contributed by atoms with E-state index >= 15 is 8.78 Å². The van der Waals surface area contributed by atoms with Gasteiger partial charge in [0.25, 0.3) is 11.8 Å². The van der Waals surface area contributed by atoms with Crippen LogP contribution in [0.25, 0.3) is 0 Å². The Morgan fingerprint density at radius 2 is 1.48 bits per heavy atom. The van der Waals surface area contributed by atoms with E-state index < -0.39 is 12.0 Å². The van der Waals surface area contributed by atoms with Crippen LogP contribution in [-0.4, -0.2) is 84.5 Å². The summed E-state index contributed by atoms with van der Waals surface area (Å²) in [6, 6.07) is 18.8. The van der Waals surface area contributed by atoms with E-state index in [0.717, 1.165) is 101 Å². The van der Waals surface area contributed by atoms with Crippen LogP contribution in [0.4, 0.5) is 20.2 Å². The Hall–Kier alpha value is -4.51. The molecule has 2 N–H and O–H groups in total. The first kappa shape index (κ1) is 37.1. The highest BCUT2D eigenvalue weighted by Crippen LogP contribution is 2.55. The number of piperidine rings is 2. The van der Waals surface area contributed by atoms with E-state index in [4.69, 9.17) is 0 Å². The fourth-order valence-corrected chi connectivity index (χ4v) is 10.9. The molecule has 4 heterocycles. The minimum absolute atomic E-state index is 0.0110. The molecule has 1 saturated carbocycles. The van der Waals surface area contributed by atoms with Crippen LogP contribution in [0.2, 0.25) is 0 Å². The van der Waals surface area contributed by atoms with Gasteiger partial charge in [-0.25, -0.2) is 8.78 Å². The van der Waals surface area contributed by atoms with Gasteiger partial charge in [0.05, 0.1) is 0 Å². The number of piperazine rings is 1. The molecule has 296 valence electrons. The second-order valence-corrected chi connectivity index (χ2v) is 17.3. The number of benzene rings is 3. The summed E-state index contributed by atoms with van der Waals surface area (Å²) >= 11 is 0. The molecular formula is C45H53F2N5O4. The molecule has 3 atom stereocenters. The second kappa shape index (κ2) is 15.1. The van der Waals surface area contributed by atoms with Gasteiger partial charge in [0, 0.05) is 93.6 Å². The topological polar surface area (TPSA) is 96.4 Å². The Bertz CT molecular complexity index is 1970. The summed E-state index contributed by atoms with van der Waals surface area (Å²) in [7, 11) is 0. The van der Waals surface area contributed by atoms with Crippen molar-refractivity contribution in [2.24, 2.45) is 17.8 Å². The zero-order valence-electron chi connectivity index (χ0n) is 32.1. The summed E-state index contributed by atoms with van der Waals surface area (Å²) in [5.41, 5.74) is 5.65. The van der Waals surface area contributed by atoms with E-state index in [1.165, 1.54) is 18.2 Å². The first-order chi connectivity index (χ1) is 27.1. The van der Waals surface area contributed by atoms with Crippen molar-refractivity contribution in [2.45, 2.75) is 88.6 Å². The number of nitrogens with one attached hydrogen (secondary N) is 1. The molecule has 9 rings (SSSR count). The van der Waals surface area contributed by atoms with E-state index in [1.54, 1.807) is 17.0 Å². The molecule has 4 fully saturated rings. The van der Waals surface area contributed by atoms with Gasteiger partial charge in [-0.1, -0.05) is 50.3 Å². The molecule has 0 bridgehead atoms. The van der Waals surface area contributed by atoms with E-state index in [2.05, 4.69) is 50.3 Å². The number of alkyl halides is 2. The molecule has 3 aromatic carbocycles. The highest BCUT2D eigenvalue weighted by Gasteiger charge is 2.49. The first-order valence-corrected chi connectivity index (χ1v) is 20.9. The Balaban J connectivity index is 0.786. The largest absolute Gasteiger partial charge is 0.508 e.